The molecule has 1 rings (SSSR count). The molecule has 18 heavy (non-hydrogen) atoms. The number of amides is 1. The molecular formula is C12H16BrFN2O2. The molecule has 0 bridgehead atoms. The van der Waals surface area contributed by atoms with Crippen LogP contribution in [0.3, 0.4) is 0 Å². The van der Waals surface area contributed by atoms with Gasteiger partial charge in [0.2, 0.25) is 5.91 Å². The summed E-state index contributed by atoms with van der Waals surface area (Å²) in [5, 5.41) is 2.92. The fourth-order valence-electron chi connectivity index (χ4n) is 1.60. The summed E-state index contributed by atoms with van der Waals surface area (Å²) in [6.45, 7) is 2.34. The number of halogens is 2. The number of hydrogen-bond acceptors (Lipinski definition) is 3. The van der Waals surface area contributed by atoms with Gasteiger partial charge < -0.3 is 10.5 Å². The second-order valence-corrected chi connectivity index (χ2v) is 4.95. The van der Waals surface area contributed by atoms with Crippen LogP contribution < -0.4 is 11.1 Å². The normalized spacial score (nSPS) is 14.2. The van der Waals surface area contributed by atoms with Gasteiger partial charge in [-0.3, -0.25) is 10.1 Å². The molecule has 1 aromatic rings. The molecule has 0 aliphatic carbocycles. The lowest BCUT2D eigenvalue weighted by atomic mass is 9.90. The van der Waals surface area contributed by atoms with Crippen molar-refractivity contribution in [3.63, 3.8) is 0 Å². The summed E-state index contributed by atoms with van der Waals surface area (Å²) in [6.07, 6.45) is 0. The predicted molar refractivity (Wildman–Crippen MR) is 70.5 cm³/mol. The molecule has 0 saturated heterocycles. The molecule has 0 aliphatic heterocycles. The Bertz CT molecular complexity index is 442. The minimum Gasteiger partial charge on any atom is -0.383 e. The predicted octanol–water partition coefficient (Wildman–Crippen LogP) is 1.52. The maximum absolute atomic E-state index is 13.8. The van der Waals surface area contributed by atoms with Crippen LogP contribution in [0.1, 0.15) is 12.5 Å². The van der Waals surface area contributed by atoms with E-state index >= 15 is 0 Å². The largest absolute Gasteiger partial charge is 0.383 e. The number of carbonyl (C=O) groups is 1. The first-order valence-electron chi connectivity index (χ1n) is 5.41. The lowest BCUT2D eigenvalue weighted by Crippen LogP contribution is -2.51. The van der Waals surface area contributed by atoms with Gasteiger partial charge in [-0.25, -0.2) is 4.39 Å². The molecule has 0 radical (unpaired) electrons. The third-order valence-corrected chi connectivity index (χ3v) is 3.24. The van der Waals surface area contributed by atoms with Gasteiger partial charge in [0, 0.05) is 23.7 Å². The number of carbonyl (C=O) groups excluding carboxylic acids is 1. The van der Waals surface area contributed by atoms with Crippen LogP contribution in [0.15, 0.2) is 22.7 Å². The van der Waals surface area contributed by atoms with Gasteiger partial charge in [-0.15, -0.1) is 0 Å². The molecule has 1 atom stereocenters. The van der Waals surface area contributed by atoms with Crippen molar-refractivity contribution in [2.24, 2.45) is 5.73 Å². The van der Waals surface area contributed by atoms with Crippen LogP contribution in [0.5, 0.6) is 0 Å². The van der Waals surface area contributed by atoms with Gasteiger partial charge >= 0.3 is 0 Å². The van der Waals surface area contributed by atoms with Crippen molar-refractivity contribution in [2.75, 3.05) is 20.3 Å². The van der Waals surface area contributed by atoms with E-state index in [-0.39, 0.29) is 5.56 Å². The highest BCUT2D eigenvalue weighted by atomic mass is 79.9. The van der Waals surface area contributed by atoms with Gasteiger partial charge in [0.15, 0.2) is 0 Å². The van der Waals surface area contributed by atoms with Gasteiger partial charge in [-0.05, 0) is 25.1 Å². The summed E-state index contributed by atoms with van der Waals surface area (Å²) in [5.41, 5.74) is 4.32. The number of methoxy groups -OCH3 is 1. The van der Waals surface area contributed by atoms with Gasteiger partial charge in [0.25, 0.3) is 0 Å². The molecule has 1 unspecified atom stereocenters. The smallest absolute Gasteiger partial charge is 0.242 e. The van der Waals surface area contributed by atoms with E-state index in [4.69, 9.17) is 10.5 Å². The van der Waals surface area contributed by atoms with Crippen LogP contribution in [0.2, 0.25) is 0 Å². The van der Waals surface area contributed by atoms with E-state index in [2.05, 4.69) is 21.2 Å². The first kappa shape index (κ1) is 15.1. The van der Waals surface area contributed by atoms with Crippen molar-refractivity contribution in [1.82, 2.24) is 5.32 Å². The number of rotatable bonds is 6. The zero-order valence-electron chi connectivity index (χ0n) is 10.3. The average molecular weight is 319 g/mol. The minimum atomic E-state index is -1.27. The molecule has 1 aromatic carbocycles. The fraction of sp³-hybridized carbons (Fsp3) is 0.417. The highest BCUT2D eigenvalue weighted by Crippen LogP contribution is 2.26. The average Bonchev–Trinajstić information content (AvgIpc) is 2.32. The SMILES string of the molecule is COCCNC(C)(C(N)=O)c1cc(Br)ccc1F. The Morgan fingerprint density at radius 3 is 2.83 bits per heavy atom. The monoisotopic (exact) mass is 318 g/mol. The molecule has 100 valence electrons. The third-order valence-electron chi connectivity index (χ3n) is 2.74. The zero-order valence-corrected chi connectivity index (χ0v) is 11.9. The van der Waals surface area contributed by atoms with Crippen molar-refractivity contribution in [2.45, 2.75) is 12.5 Å². The third kappa shape index (κ3) is 3.28. The molecule has 1 amide bonds. The topological polar surface area (TPSA) is 64.3 Å². The van der Waals surface area contributed by atoms with Gasteiger partial charge in [0.1, 0.15) is 11.4 Å². The molecule has 0 fully saturated rings. The standard InChI is InChI=1S/C12H16BrFN2O2/c1-12(11(15)17,16-5-6-18-2)9-7-8(13)3-4-10(9)14/h3-4,7,16H,5-6H2,1-2H3,(H2,15,17). The van der Waals surface area contributed by atoms with E-state index in [9.17, 15) is 9.18 Å². The lowest BCUT2D eigenvalue weighted by Gasteiger charge is -2.28. The van der Waals surface area contributed by atoms with E-state index in [0.717, 1.165) is 0 Å². The molecular weight excluding hydrogens is 303 g/mol. The number of nitrogens with two attached hydrogens (primary N) is 1. The van der Waals surface area contributed by atoms with Crippen molar-refractivity contribution in [3.8, 4) is 0 Å². The Morgan fingerprint density at radius 2 is 2.28 bits per heavy atom. The Hall–Kier alpha value is -0.980. The van der Waals surface area contributed by atoms with E-state index in [1.165, 1.54) is 6.07 Å². The van der Waals surface area contributed by atoms with Crippen LogP contribution in [-0.2, 0) is 15.1 Å². The van der Waals surface area contributed by atoms with E-state index in [1.807, 2.05) is 0 Å². The first-order valence-corrected chi connectivity index (χ1v) is 6.20. The Labute approximate surface area is 114 Å². The first-order chi connectivity index (χ1) is 8.41. The molecule has 0 aromatic heterocycles. The van der Waals surface area contributed by atoms with E-state index in [1.54, 1.807) is 26.2 Å². The maximum Gasteiger partial charge on any atom is 0.242 e. The van der Waals surface area contributed by atoms with Crippen LogP contribution in [0, 0.1) is 5.82 Å². The van der Waals surface area contributed by atoms with E-state index < -0.39 is 17.3 Å². The number of ether oxygens (including phenoxy) is 1. The molecule has 0 spiro atoms. The second-order valence-electron chi connectivity index (χ2n) is 4.03. The fourth-order valence-corrected chi connectivity index (χ4v) is 1.96. The summed E-state index contributed by atoms with van der Waals surface area (Å²) >= 11 is 3.25. The second kappa shape index (κ2) is 6.26. The molecule has 0 aliphatic rings. The summed E-state index contributed by atoms with van der Waals surface area (Å²) in [4.78, 5) is 11.6. The number of hydrogen-bond donors (Lipinski definition) is 2. The summed E-state index contributed by atoms with van der Waals surface area (Å²) in [6, 6.07) is 4.40. The van der Waals surface area contributed by atoms with Crippen LogP contribution in [0.25, 0.3) is 0 Å². The van der Waals surface area contributed by atoms with Crippen molar-refractivity contribution < 1.29 is 13.9 Å². The van der Waals surface area contributed by atoms with Crippen molar-refractivity contribution in [3.05, 3.63) is 34.1 Å². The maximum atomic E-state index is 13.8. The van der Waals surface area contributed by atoms with Crippen molar-refractivity contribution in [1.29, 1.82) is 0 Å². The van der Waals surface area contributed by atoms with Crippen LogP contribution in [-0.4, -0.2) is 26.2 Å². The molecule has 6 heteroatoms. The van der Waals surface area contributed by atoms with Crippen molar-refractivity contribution >= 4 is 21.8 Å². The summed E-state index contributed by atoms with van der Waals surface area (Å²) < 4.78 is 19.4. The molecule has 0 heterocycles. The zero-order chi connectivity index (χ0) is 13.8. The Morgan fingerprint density at radius 1 is 1.61 bits per heavy atom. The number of nitrogens with one attached hydrogen (secondary N) is 1. The van der Waals surface area contributed by atoms with Gasteiger partial charge in [-0.2, -0.15) is 0 Å². The highest BCUT2D eigenvalue weighted by molar-refractivity contribution is 9.10. The summed E-state index contributed by atoms with van der Waals surface area (Å²) in [7, 11) is 1.54. The molecule has 3 N–H and O–H groups in total. The van der Waals surface area contributed by atoms with Crippen LogP contribution >= 0.6 is 15.9 Å². The van der Waals surface area contributed by atoms with Gasteiger partial charge in [0.05, 0.1) is 6.61 Å². The van der Waals surface area contributed by atoms with E-state index in [0.29, 0.717) is 17.6 Å². The quantitative estimate of drug-likeness (QED) is 0.782. The molecule has 0 saturated carbocycles. The highest BCUT2D eigenvalue weighted by Gasteiger charge is 2.35. The number of primary amides is 1. The van der Waals surface area contributed by atoms with Gasteiger partial charge in [-0.1, -0.05) is 15.9 Å². The Kier molecular flexibility index (Phi) is 5.25. The number of benzene rings is 1. The molecule has 4 nitrogen and oxygen atoms in total. The van der Waals surface area contributed by atoms with Crippen LogP contribution in [0.4, 0.5) is 4.39 Å². The summed E-state index contributed by atoms with van der Waals surface area (Å²) in [5.74, 6) is -1.12. The minimum absolute atomic E-state index is 0.209. The Balaban J connectivity index is 3.10. The lowest BCUT2D eigenvalue weighted by molar-refractivity contribution is -0.124.